The molecule has 2 aromatic carbocycles. The van der Waals surface area contributed by atoms with Crippen LogP contribution in [0.2, 0.25) is 0 Å². The highest BCUT2D eigenvalue weighted by Crippen LogP contribution is 2.33. The quantitative estimate of drug-likeness (QED) is 0.822. The van der Waals surface area contributed by atoms with E-state index in [-0.39, 0.29) is 18.4 Å². The normalized spacial score (nSPS) is 13.2. The zero-order valence-corrected chi connectivity index (χ0v) is 15.0. The maximum atomic E-state index is 12.2. The monoisotopic (exact) mass is 364 g/mol. The fourth-order valence-corrected chi connectivity index (χ4v) is 2.93. The minimum absolute atomic E-state index is 0.0803. The van der Waals surface area contributed by atoms with E-state index < -0.39 is 0 Å². The Morgan fingerprint density at radius 3 is 2.59 bits per heavy atom. The van der Waals surface area contributed by atoms with E-state index in [1.165, 1.54) is 7.11 Å². The van der Waals surface area contributed by atoms with E-state index in [4.69, 9.17) is 10.00 Å². The van der Waals surface area contributed by atoms with Gasteiger partial charge in [0.2, 0.25) is 11.8 Å². The van der Waals surface area contributed by atoms with Crippen LogP contribution in [0.3, 0.4) is 0 Å². The van der Waals surface area contributed by atoms with Crippen LogP contribution in [-0.2, 0) is 9.59 Å². The van der Waals surface area contributed by atoms with Crippen molar-refractivity contribution in [3.63, 3.8) is 0 Å². The number of benzene rings is 2. The number of rotatable bonds is 6. The Kier molecular flexibility index (Phi) is 5.57. The van der Waals surface area contributed by atoms with Crippen LogP contribution in [0.4, 0.5) is 17.1 Å². The fourth-order valence-electron chi connectivity index (χ4n) is 2.93. The van der Waals surface area contributed by atoms with Gasteiger partial charge in [-0.2, -0.15) is 5.26 Å². The lowest BCUT2D eigenvalue weighted by Gasteiger charge is -2.19. The summed E-state index contributed by atoms with van der Waals surface area (Å²) in [5.41, 5.74) is 2.63. The Morgan fingerprint density at radius 1 is 1.22 bits per heavy atom. The summed E-state index contributed by atoms with van der Waals surface area (Å²) in [4.78, 5) is 25.8. The molecular formula is C20H20N4O3. The standard InChI is InChI=1S/C20H20N4O3/c1-27-18-11-16(8-9-17(18)24-10-2-3-20(24)26)23-19(25)13-22-15-6-4-14(12-21)5-7-15/h4-9,11,22H,2-3,10,13H2,1H3,(H,23,25). The molecule has 138 valence electrons. The predicted octanol–water partition coefficient (Wildman–Crippen LogP) is 2.74. The van der Waals surface area contributed by atoms with Crippen LogP contribution in [0.15, 0.2) is 42.5 Å². The zero-order chi connectivity index (χ0) is 19.2. The lowest BCUT2D eigenvalue weighted by atomic mass is 10.2. The van der Waals surface area contributed by atoms with Gasteiger partial charge < -0.3 is 20.3 Å². The topological polar surface area (TPSA) is 94.5 Å². The molecule has 0 unspecified atom stereocenters. The summed E-state index contributed by atoms with van der Waals surface area (Å²) < 4.78 is 5.39. The van der Waals surface area contributed by atoms with Crippen LogP contribution in [0.1, 0.15) is 18.4 Å². The van der Waals surface area contributed by atoms with Crippen LogP contribution in [0.25, 0.3) is 0 Å². The Bertz CT molecular complexity index is 887. The van der Waals surface area contributed by atoms with Gasteiger partial charge in [-0.25, -0.2) is 0 Å². The summed E-state index contributed by atoms with van der Waals surface area (Å²) >= 11 is 0. The molecule has 2 aromatic rings. The van der Waals surface area contributed by atoms with E-state index in [1.807, 2.05) is 6.07 Å². The molecule has 1 saturated heterocycles. The van der Waals surface area contributed by atoms with Crippen molar-refractivity contribution in [2.45, 2.75) is 12.8 Å². The van der Waals surface area contributed by atoms with E-state index in [0.717, 1.165) is 12.1 Å². The molecule has 7 heteroatoms. The van der Waals surface area contributed by atoms with Gasteiger partial charge in [-0.3, -0.25) is 9.59 Å². The Labute approximate surface area is 157 Å². The summed E-state index contributed by atoms with van der Waals surface area (Å²) in [5, 5.41) is 14.6. The molecule has 1 aliphatic rings. The van der Waals surface area contributed by atoms with Gasteiger partial charge in [0.15, 0.2) is 0 Å². The van der Waals surface area contributed by atoms with Crippen molar-refractivity contribution < 1.29 is 14.3 Å². The lowest BCUT2D eigenvalue weighted by Crippen LogP contribution is -2.24. The number of hydrogen-bond acceptors (Lipinski definition) is 5. The molecule has 2 amide bonds. The maximum absolute atomic E-state index is 12.2. The van der Waals surface area contributed by atoms with Gasteiger partial charge in [-0.15, -0.1) is 0 Å². The number of carbonyl (C=O) groups is 2. The highest BCUT2D eigenvalue weighted by molar-refractivity contribution is 5.98. The second-order valence-corrected chi connectivity index (χ2v) is 6.13. The molecule has 0 spiro atoms. The Hall–Kier alpha value is -3.53. The van der Waals surface area contributed by atoms with E-state index in [1.54, 1.807) is 47.4 Å². The predicted molar refractivity (Wildman–Crippen MR) is 103 cm³/mol. The average Bonchev–Trinajstić information content (AvgIpc) is 3.12. The number of nitrogens with zero attached hydrogens (tertiary/aromatic N) is 2. The third-order valence-electron chi connectivity index (χ3n) is 4.29. The molecule has 3 rings (SSSR count). The first-order valence-electron chi connectivity index (χ1n) is 8.63. The average molecular weight is 364 g/mol. The van der Waals surface area contributed by atoms with Crippen LogP contribution in [0.5, 0.6) is 5.75 Å². The van der Waals surface area contributed by atoms with Gasteiger partial charge in [-0.1, -0.05) is 0 Å². The zero-order valence-electron chi connectivity index (χ0n) is 15.0. The third kappa shape index (κ3) is 4.36. The van der Waals surface area contributed by atoms with Crippen molar-refractivity contribution >= 4 is 28.9 Å². The van der Waals surface area contributed by atoms with Crippen LogP contribution in [-0.4, -0.2) is 32.0 Å². The molecule has 1 aliphatic heterocycles. The largest absolute Gasteiger partial charge is 0.494 e. The molecule has 0 saturated carbocycles. The smallest absolute Gasteiger partial charge is 0.243 e. The summed E-state index contributed by atoms with van der Waals surface area (Å²) in [5.74, 6) is 0.409. The van der Waals surface area contributed by atoms with Gasteiger partial charge >= 0.3 is 0 Å². The second-order valence-electron chi connectivity index (χ2n) is 6.13. The Balaban J connectivity index is 1.61. The van der Waals surface area contributed by atoms with Crippen molar-refractivity contribution in [3.8, 4) is 11.8 Å². The molecule has 0 atom stereocenters. The van der Waals surface area contributed by atoms with Gasteiger partial charge in [0.25, 0.3) is 0 Å². The third-order valence-corrected chi connectivity index (χ3v) is 4.29. The van der Waals surface area contributed by atoms with Crippen LogP contribution < -0.4 is 20.3 Å². The summed E-state index contributed by atoms with van der Waals surface area (Å²) in [6.45, 7) is 0.760. The second kappa shape index (κ2) is 8.23. The Morgan fingerprint density at radius 2 is 1.96 bits per heavy atom. The van der Waals surface area contributed by atoms with E-state index >= 15 is 0 Å². The van der Waals surface area contributed by atoms with Gasteiger partial charge in [-0.05, 0) is 42.8 Å². The first-order chi connectivity index (χ1) is 13.1. The summed E-state index contributed by atoms with van der Waals surface area (Å²) in [6, 6.07) is 14.2. The molecule has 0 aliphatic carbocycles. The molecule has 27 heavy (non-hydrogen) atoms. The first-order valence-corrected chi connectivity index (χ1v) is 8.63. The molecule has 2 N–H and O–H groups in total. The first kappa shape index (κ1) is 18.3. The van der Waals surface area contributed by atoms with Crippen molar-refractivity contribution in [1.29, 1.82) is 5.26 Å². The number of methoxy groups -OCH3 is 1. The fraction of sp³-hybridized carbons (Fsp3) is 0.250. The summed E-state index contributed by atoms with van der Waals surface area (Å²) in [6.07, 6.45) is 1.38. The number of anilines is 3. The number of carbonyl (C=O) groups excluding carboxylic acids is 2. The minimum Gasteiger partial charge on any atom is -0.494 e. The molecule has 0 aromatic heterocycles. The van der Waals surface area contributed by atoms with E-state index in [2.05, 4.69) is 10.6 Å². The minimum atomic E-state index is -0.216. The number of amides is 2. The number of nitriles is 1. The van der Waals surface area contributed by atoms with Gasteiger partial charge in [0.1, 0.15) is 5.75 Å². The van der Waals surface area contributed by atoms with Gasteiger partial charge in [0, 0.05) is 30.4 Å². The molecule has 0 bridgehead atoms. The van der Waals surface area contributed by atoms with Crippen LogP contribution in [0, 0.1) is 11.3 Å². The summed E-state index contributed by atoms with van der Waals surface area (Å²) in [7, 11) is 1.54. The van der Waals surface area contributed by atoms with Gasteiger partial charge in [0.05, 0.1) is 31.0 Å². The van der Waals surface area contributed by atoms with Crippen molar-refractivity contribution in [3.05, 3.63) is 48.0 Å². The van der Waals surface area contributed by atoms with Crippen molar-refractivity contribution in [2.75, 3.05) is 35.7 Å². The van der Waals surface area contributed by atoms with Crippen LogP contribution >= 0.6 is 0 Å². The SMILES string of the molecule is COc1cc(NC(=O)CNc2ccc(C#N)cc2)ccc1N1CCCC1=O. The maximum Gasteiger partial charge on any atom is 0.243 e. The number of hydrogen-bond donors (Lipinski definition) is 2. The highest BCUT2D eigenvalue weighted by Gasteiger charge is 2.24. The number of nitrogens with one attached hydrogen (secondary N) is 2. The van der Waals surface area contributed by atoms with E-state index in [0.29, 0.717) is 35.7 Å². The molecule has 1 fully saturated rings. The highest BCUT2D eigenvalue weighted by atomic mass is 16.5. The molecule has 1 heterocycles. The van der Waals surface area contributed by atoms with E-state index in [9.17, 15) is 9.59 Å². The van der Waals surface area contributed by atoms with Crippen molar-refractivity contribution in [1.82, 2.24) is 0 Å². The molecule has 0 radical (unpaired) electrons. The molecular weight excluding hydrogens is 344 g/mol. The van der Waals surface area contributed by atoms with Crippen molar-refractivity contribution in [2.24, 2.45) is 0 Å². The molecule has 7 nitrogen and oxygen atoms in total. The number of ether oxygens (including phenoxy) is 1. The lowest BCUT2D eigenvalue weighted by molar-refractivity contribution is -0.117.